The SMILES string of the molecule is CCCc1nnc(NC(=O)c2cc(Cl)c3c(c2)OCO3)s1. The van der Waals surface area contributed by atoms with Crippen molar-refractivity contribution in [2.24, 2.45) is 0 Å². The average Bonchev–Trinajstić information content (AvgIpc) is 3.08. The molecule has 2 aromatic rings. The Labute approximate surface area is 130 Å². The van der Waals surface area contributed by atoms with Crippen molar-refractivity contribution in [2.45, 2.75) is 19.8 Å². The fourth-order valence-corrected chi connectivity index (χ4v) is 2.99. The zero-order chi connectivity index (χ0) is 14.8. The van der Waals surface area contributed by atoms with Crippen LogP contribution in [-0.2, 0) is 6.42 Å². The summed E-state index contributed by atoms with van der Waals surface area (Å²) in [6.45, 7) is 2.17. The van der Waals surface area contributed by atoms with E-state index in [1.165, 1.54) is 11.3 Å². The Hall–Kier alpha value is -1.86. The van der Waals surface area contributed by atoms with Crippen LogP contribution in [-0.4, -0.2) is 22.9 Å². The van der Waals surface area contributed by atoms with E-state index in [-0.39, 0.29) is 12.7 Å². The van der Waals surface area contributed by atoms with Crippen LogP contribution < -0.4 is 14.8 Å². The lowest BCUT2D eigenvalue weighted by Crippen LogP contribution is -2.11. The van der Waals surface area contributed by atoms with Gasteiger partial charge < -0.3 is 9.47 Å². The van der Waals surface area contributed by atoms with Gasteiger partial charge in [-0.05, 0) is 18.6 Å². The quantitative estimate of drug-likeness (QED) is 0.935. The number of benzene rings is 1. The maximum atomic E-state index is 12.2. The van der Waals surface area contributed by atoms with Crippen molar-refractivity contribution in [3.8, 4) is 11.5 Å². The van der Waals surface area contributed by atoms with Crippen LogP contribution in [0, 0.1) is 0 Å². The van der Waals surface area contributed by atoms with Crippen molar-refractivity contribution in [2.75, 3.05) is 12.1 Å². The van der Waals surface area contributed by atoms with E-state index in [0.29, 0.717) is 27.2 Å². The van der Waals surface area contributed by atoms with Crippen molar-refractivity contribution in [1.29, 1.82) is 0 Å². The third kappa shape index (κ3) is 2.93. The summed E-state index contributed by atoms with van der Waals surface area (Å²) in [6, 6.07) is 3.13. The van der Waals surface area contributed by atoms with Gasteiger partial charge in [-0.1, -0.05) is 29.9 Å². The minimum atomic E-state index is -0.311. The molecule has 1 aliphatic rings. The van der Waals surface area contributed by atoms with Crippen LogP contribution in [0.25, 0.3) is 0 Å². The largest absolute Gasteiger partial charge is 0.454 e. The van der Waals surface area contributed by atoms with Gasteiger partial charge in [0, 0.05) is 12.0 Å². The number of fused-ring (bicyclic) bond motifs is 1. The molecular formula is C13H12ClN3O3S. The first-order chi connectivity index (χ1) is 10.2. The second-order valence-corrected chi connectivity index (χ2v) is 5.87. The van der Waals surface area contributed by atoms with E-state index in [1.807, 2.05) is 0 Å². The molecular weight excluding hydrogens is 314 g/mol. The number of carbonyl (C=O) groups excluding carboxylic acids is 1. The molecule has 0 saturated heterocycles. The van der Waals surface area contributed by atoms with E-state index in [0.717, 1.165) is 17.8 Å². The summed E-state index contributed by atoms with van der Waals surface area (Å²) in [5.41, 5.74) is 0.386. The first kappa shape index (κ1) is 14.1. The Morgan fingerprint density at radius 2 is 2.29 bits per heavy atom. The maximum Gasteiger partial charge on any atom is 0.257 e. The van der Waals surface area contributed by atoms with Crippen LogP contribution in [0.5, 0.6) is 11.5 Å². The molecule has 0 unspecified atom stereocenters. The van der Waals surface area contributed by atoms with Gasteiger partial charge in [0.1, 0.15) is 5.01 Å². The predicted molar refractivity (Wildman–Crippen MR) is 79.4 cm³/mol. The van der Waals surface area contributed by atoms with E-state index in [2.05, 4.69) is 22.4 Å². The van der Waals surface area contributed by atoms with Crippen LogP contribution in [0.15, 0.2) is 12.1 Å². The molecule has 110 valence electrons. The molecule has 0 radical (unpaired) electrons. The summed E-state index contributed by atoms with van der Waals surface area (Å²) in [4.78, 5) is 12.2. The normalized spacial score (nSPS) is 12.5. The summed E-state index contributed by atoms with van der Waals surface area (Å²) < 4.78 is 10.5. The van der Waals surface area contributed by atoms with E-state index < -0.39 is 0 Å². The van der Waals surface area contributed by atoms with Crippen molar-refractivity contribution in [1.82, 2.24) is 10.2 Å². The Bertz CT molecular complexity index is 689. The monoisotopic (exact) mass is 325 g/mol. The highest BCUT2D eigenvalue weighted by Gasteiger charge is 2.21. The predicted octanol–water partition coefficient (Wildman–Crippen LogP) is 3.13. The maximum absolute atomic E-state index is 12.2. The van der Waals surface area contributed by atoms with Gasteiger partial charge in [-0.2, -0.15) is 0 Å². The standard InChI is InChI=1S/C13H12ClN3O3S/c1-2-3-10-16-17-13(21-10)15-12(18)7-4-8(14)11-9(5-7)19-6-20-11/h4-5H,2-3,6H2,1H3,(H,15,17,18). The number of ether oxygens (including phenoxy) is 2. The lowest BCUT2D eigenvalue weighted by atomic mass is 10.2. The third-order valence-corrected chi connectivity index (χ3v) is 4.02. The molecule has 1 amide bonds. The molecule has 0 aliphatic carbocycles. The summed E-state index contributed by atoms with van der Waals surface area (Å²) in [7, 11) is 0. The van der Waals surface area contributed by atoms with Crippen LogP contribution in [0.4, 0.5) is 5.13 Å². The first-order valence-electron chi connectivity index (χ1n) is 6.40. The van der Waals surface area contributed by atoms with Crippen molar-refractivity contribution in [3.05, 3.63) is 27.7 Å². The van der Waals surface area contributed by atoms with Crippen LogP contribution >= 0.6 is 22.9 Å². The van der Waals surface area contributed by atoms with Gasteiger partial charge in [0.25, 0.3) is 5.91 Å². The number of hydrogen-bond acceptors (Lipinski definition) is 6. The fraction of sp³-hybridized carbons (Fsp3) is 0.308. The number of nitrogens with one attached hydrogen (secondary N) is 1. The minimum absolute atomic E-state index is 0.108. The number of hydrogen-bond donors (Lipinski definition) is 1. The van der Waals surface area contributed by atoms with Gasteiger partial charge in [-0.15, -0.1) is 10.2 Å². The number of carbonyl (C=O) groups is 1. The van der Waals surface area contributed by atoms with E-state index >= 15 is 0 Å². The third-order valence-electron chi connectivity index (χ3n) is 2.84. The number of aryl methyl sites for hydroxylation is 1. The van der Waals surface area contributed by atoms with E-state index in [1.54, 1.807) is 12.1 Å². The molecule has 0 saturated carbocycles. The first-order valence-corrected chi connectivity index (χ1v) is 7.59. The van der Waals surface area contributed by atoms with Crippen LogP contribution in [0.1, 0.15) is 28.7 Å². The van der Waals surface area contributed by atoms with Crippen molar-refractivity contribution < 1.29 is 14.3 Å². The molecule has 21 heavy (non-hydrogen) atoms. The van der Waals surface area contributed by atoms with Crippen molar-refractivity contribution in [3.63, 3.8) is 0 Å². The molecule has 3 rings (SSSR count). The zero-order valence-electron chi connectivity index (χ0n) is 11.2. The number of nitrogens with zero attached hydrogens (tertiary/aromatic N) is 2. The lowest BCUT2D eigenvalue weighted by Gasteiger charge is -2.04. The van der Waals surface area contributed by atoms with Crippen LogP contribution in [0.3, 0.4) is 0 Å². The summed E-state index contributed by atoms with van der Waals surface area (Å²) in [6.07, 6.45) is 1.84. The molecule has 2 heterocycles. The summed E-state index contributed by atoms with van der Waals surface area (Å²) >= 11 is 7.42. The number of amides is 1. The Kier molecular flexibility index (Phi) is 3.94. The molecule has 1 aromatic heterocycles. The molecule has 6 nitrogen and oxygen atoms in total. The Morgan fingerprint density at radius 1 is 1.43 bits per heavy atom. The smallest absolute Gasteiger partial charge is 0.257 e. The number of halogens is 1. The van der Waals surface area contributed by atoms with Gasteiger partial charge in [-0.3, -0.25) is 10.1 Å². The van der Waals surface area contributed by atoms with Crippen LogP contribution in [0.2, 0.25) is 5.02 Å². The zero-order valence-corrected chi connectivity index (χ0v) is 12.8. The minimum Gasteiger partial charge on any atom is -0.454 e. The molecule has 0 spiro atoms. The van der Waals surface area contributed by atoms with E-state index in [4.69, 9.17) is 21.1 Å². The van der Waals surface area contributed by atoms with Gasteiger partial charge in [0.05, 0.1) is 5.02 Å². The molecule has 8 heteroatoms. The average molecular weight is 326 g/mol. The second kappa shape index (κ2) is 5.87. The van der Waals surface area contributed by atoms with E-state index in [9.17, 15) is 4.79 Å². The number of rotatable bonds is 4. The molecule has 1 N–H and O–H groups in total. The number of anilines is 1. The van der Waals surface area contributed by atoms with Gasteiger partial charge >= 0.3 is 0 Å². The Balaban J connectivity index is 1.77. The fourth-order valence-electron chi connectivity index (χ4n) is 1.89. The Morgan fingerprint density at radius 3 is 3.10 bits per heavy atom. The summed E-state index contributed by atoms with van der Waals surface area (Å²) in [5.74, 6) is 0.625. The van der Waals surface area contributed by atoms with Gasteiger partial charge in [0.2, 0.25) is 11.9 Å². The lowest BCUT2D eigenvalue weighted by molar-refractivity contribution is 0.102. The van der Waals surface area contributed by atoms with Crippen molar-refractivity contribution >= 4 is 34.0 Å². The molecule has 1 aliphatic heterocycles. The topological polar surface area (TPSA) is 73.3 Å². The molecule has 0 atom stereocenters. The highest BCUT2D eigenvalue weighted by atomic mass is 35.5. The molecule has 0 bridgehead atoms. The molecule has 0 fully saturated rings. The molecule has 1 aromatic carbocycles. The highest BCUT2D eigenvalue weighted by Crippen LogP contribution is 2.39. The second-order valence-electron chi connectivity index (χ2n) is 4.40. The van der Waals surface area contributed by atoms with Gasteiger partial charge in [0.15, 0.2) is 11.5 Å². The highest BCUT2D eigenvalue weighted by molar-refractivity contribution is 7.15. The summed E-state index contributed by atoms with van der Waals surface area (Å²) in [5, 5.41) is 12.4. The number of aromatic nitrogens is 2. The van der Waals surface area contributed by atoms with Gasteiger partial charge in [-0.25, -0.2) is 0 Å².